The SMILES string of the molecule is Cc1ccc(C(=O)CNCC(c2ccc(F)cc2)N(C)C)cc1F. The average Bonchev–Trinajstić information content (AvgIpc) is 2.54. The number of Topliss-reactive ketones (excluding diaryl/α,β-unsaturated/α-hetero) is 1. The first-order valence-electron chi connectivity index (χ1n) is 7.80. The van der Waals surface area contributed by atoms with Crippen molar-refractivity contribution in [2.24, 2.45) is 0 Å². The lowest BCUT2D eigenvalue weighted by Crippen LogP contribution is -2.33. The fourth-order valence-electron chi connectivity index (χ4n) is 2.47. The second-order valence-electron chi connectivity index (χ2n) is 6.05. The summed E-state index contributed by atoms with van der Waals surface area (Å²) in [6.07, 6.45) is 0. The van der Waals surface area contributed by atoms with E-state index in [1.807, 2.05) is 19.0 Å². The molecule has 0 fully saturated rings. The summed E-state index contributed by atoms with van der Waals surface area (Å²) >= 11 is 0. The molecule has 0 aliphatic carbocycles. The Morgan fingerprint density at radius 2 is 1.79 bits per heavy atom. The molecule has 0 amide bonds. The van der Waals surface area contributed by atoms with Gasteiger partial charge in [0.1, 0.15) is 11.6 Å². The molecule has 2 rings (SSSR count). The summed E-state index contributed by atoms with van der Waals surface area (Å²) in [6, 6.07) is 10.8. The van der Waals surface area contributed by atoms with Gasteiger partial charge in [-0.3, -0.25) is 4.79 Å². The van der Waals surface area contributed by atoms with Gasteiger partial charge in [-0.15, -0.1) is 0 Å². The number of halogens is 2. The quantitative estimate of drug-likeness (QED) is 0.789. The Kier molecular flexibility index (Phi) is 6.17. The number of benzene rings is 2. The van der Waals surface area contributed by atoms with Crippen LogP contribution < -0.4 is 5.32 Å². The third-order valence-electron chi connectivity index (χ3n) is 4.00. The highest BCUT2D eigenvalue weighted by Crippen LogP contribution is 2.17. The van der Waals surface area contributed by atoms with Crippen LogP contribution in [0.15, 0.2) is 42.5 Å². The molecule has 24 heavy (non-hydrogen) atoms. The van der Waals surface area contributed by atoms with Gasteiger partial charge in [0.15, 0.2) is 5.78 Å². The predicted molar refractivity (Wildman–Crippen MR) is 91.2 cm³/mol. The van der Waals surface area contributed by atoms with Gasteiger partial charge in [0.05, 0.1) is 6.54 Å². The maximum Gasteiger partial charge on any atom is 0.176 e. The number of hydrogen-bond acceptors (Lipinski definition) is 3. The van der Waals surface area contributed by atoms with Gasteiger partial charge in [0.2, 0.25) is 0 Å². The molecule has 2 aromatic carbocycles. The van der Waals surface area contributed by atoms with Gasteiger partial charge in [-0.25, -0.2) is 8.78 Å². The maximum absolute atomic E-state index is 13.5. The van der Waals surface area contributed by atoms with E-state index in [1.165, 1.54) is 18.2 Å². The number of carbonyl (C=O) groups excluding carboxylic acids is 1. The summed E-state index contributed by atoms with van der Waals surface area (Å²) in [7, 11) is 3.85. The van der Waals surface area contributed by atoms with Crippen LogP contribution in [0.25, 0.3) is 0 Å². The Morgan fingerprint density at radius 1 is 1.12 bits per heavy atom. The fraction of sp³-hybridized carbons (Fsp3) is 0.316. The van der Waals surface area contributed by atoms with Crippen molar-refractivity contribution >= 4 is 5.78 Å². The first-order chi connectivity index (χ1) is 11.4. The van der Waals surface area contributed by atoms with Crippen molar-refractivity contribution < 1.29 is 13.6 Å². The number of nitrogens with one attached hydrogen (secondary N) is 1. The summed E-state index contributed by atoms with van der Waals surface area (Å²) in [5.41, 5.74) is 1.83. The van der Waals surface area contributed by atoms with E-state index >= 15 is 0 Å². The third kappa shape index (κ3) is 4.69. The molecule has 1 N–H and O–H groups in total. The van der Waals surface area contributed by atoms with E-state index in [0.29, 0.717) is 17.7 Å². The van der Waals surface area contributed by atoms with Gasteiger partial charge in [0, 0.05) is 18.2 Å². The predicted octanol–water partition coefficient (Wildman–Crippen LogP) is 3.35. The van der Waals surface area contributed by atoms with Crippen LogP contribution in [0.2, 0.25) is 0 Å². The van der Waals surface area contributed by atoms with Crippen molar-refractivity contribution in [2.75, 3.05) is 27.2 Å². The van der Waals surface area contributed by atoms with Gasteiger partial charge in [-0.2, -0.15) is 0 Å². The molecule has 0 aromatic heterocycles. The molecular weight excluding hydrogens is 310 g/mol. The molecule has 0 aliphatic rings. The minimum Gasteiger partial charge on any atom is -0.308 e. The Bertz CT molecular complexity index is 699. The summed E-state index contributed by atoms with van der Waals surface area (Å²) in [5, 5.41) is 3.10. The smallest absolute Gasteiger partial charge is 0.176 e. The lowest BCUT2D eigenvalue weighted by molar-refractivity contribution is 0.0988. The Labute approximate surface area is 141 Å². The number of aryl methyl sites for hydroxylation is 1. The standard InChI is InChI=1S/C19H22F2N2O/c1-13-4-5-15(10-17(13)21)19(24)12-22-11-18(23(2)3)14-6-8-16(20)9-7-14/h4-10,18,22H,11-12H2,1-3H3. The monoisotopic (exact) mass is 332 g/mol. The molecule has 0 spiro atoms. The van der Waals surface area contributed by atoms with Crippen LogP contribution in [0, 0.1) is 18.6 Å². The topological polar surface area (TPSA) is 32.3 Å². The van der Waals surface area contributed by atoms with E-state index in [-0.39, 0.29) is 30.0 Å². The van der Waals surface area contributed by atoms with Crippen LogP contribution in [0.3, 0.4) is 0 Å². The number of nitrogens with zero attached hydrogens (tertiary/aromatic N) is 1. The minimum atomic E-state index is -0.377. The van der Waals surface area contributed by atoms with Gasteiger partial charge >= 0.3 is 0 Å². The van der Waals surface area contributed by atoms with E-state index in [1.54, 1.807) is 31.2 Å². The fourth-order valence-corrected chi connectivity index (χ4v) is 2.47. The summed E-state index contributed by atoms with van der Waals surface area (Å²) in [4.78, 5) is 14.1. The highest BCUT2D eigenvalue weighted by Gasteiger charge is 2.15. The second kappa shape index (κ2) is 8.13. The zero-order valence-electron chi connectivity index (χ0n) is 14.1. The Morgan fingerprint density at radius 3 is 2.38 bits per heavy atom. The van der Waals surface area contributed by atoms with Crippen LogP contribution in [-0.4, -0.2) is 37.9 Å². The van der Waals surface area contributed by atoms with E-state index < -0.39 is 0 Å². The molecule has 0 saturated heterocycles. The van der Waals surface area contributed by atoms with E-state index in [4.69, 9.17) is 0 Å². The van der Waals surface area contributed by atoms with Crippen molar-refractivity contribution in [2.45, 2.75) is 13.0 Å². The third-order valence-corrected chi connectivity index (χ3v) is 4.00. The first-order valence-corrected chi connectivity index (χ1v) is 7.80. The van der Waals surface area contributed by atoms with Crippen molar-refractivity contribution in [1.82, 2.24) is 10.2 Å². The van der Waals surface area contributed by atoms with Gasteiger partial charge in [-0.1, -0.05) is 24.3 Å². The molecule has 0 bridgehead atoms. The van der Waals surface area contributed by atoms with E-state index in [0.717, 1.165) is 5.56 Å². The molecule has 0 aliphatic heterocycles. The number of carbonyl (C=O) groups is 1. The number of hydrogen-bond donors (Lipinski definition) is 1. The van der Waals surface area contributed by atoms with Crippen molar-refractivity contribution in [1.29, 1.82) is 0 Å². The number of ketones is 1. The van der Waals surface area contributed by atoms with Crippen LogP contribution >= 0.6 is 0 Å². The van der Waals surface area contributed by atoms with Crippen LogP contribution in [0.4, 0.5) is 8.78 Å². The highest BCUT2D eigenvalue weighted by atomic mass is 19.1. The van der Waals surface area contributed by atoms with Gasteiger partial charge < -0.3 is 10.2 Å². The lowest BCUT2D eigenvalue weighted by Gasteiger charge is -2.25. The molecule has 0 radical (unpaired) electrons. The number of rotatable bonds is 7. The maximum atomic E-state index is 13.5. The average molecular weight is 332 g/mol. The zero-order chi connectivity index (χ0) is 17.7. The Hall–Kier alpha value is -2.11. The Balaban J connectivity index is 1.96. The normalized spacial score (nSPS) is 12.4. The highest BCUT2D eigenvalue weighted by molar-refractivity contribution is 5.97. The van der Waals surface area contributed by atoms with E-state index in [9.17, 15) is 13.6 Å². The largest absolute Gasteiger partial charge is 0.308 e. The van der Waals surface area contributed by atoms with Crippen LogP contribution in [0.5, 0.6) is 0 Å². The van der Waals surface area contributed by atoms with Crippen LogP contribution in [0.1, 0.15) is 27.5 Å². The lowest BCUT2D eigenvalue weighted by atomic mass is 10.1. The molecule has 0 heterocycles. The molecule has 5 heteroatoms. The zero-order valence-corrected chi connectivity index (χ0v) is 14.1. The van der Waals surface area contributed by atoms with Crippen molar-refractivity contribution in [3.8, 4) is 0 Å². The summed E-state index contributed by atoms with van der Waals surface area (Å²) in [5.74, 6) is -0.815. The molecule has 1 unspecified atom stereocenters. The first kappa shape index (κ1) is 18.2. The summed E-state index contributed by atoms with van der Waals surface area (Å²) < 4.78 is 26.6. The summed E-state index contributed by atoms with van der Waals surface area (Å²) in [6.45, 7) is 2.30. The molecule has 0 saturated carbocycles. The molecule has 128 valence electrons. The van der Waals surface area contributed by atoms with Crippen molar-refractivity contribution in [3.63, 3.8) is 0 Å². The molecular formula is C19H22F2N2O. The van der Waals surface area contributed by atoms with Gasteiger partial charge in [0.25, 0.3) is 0 Å². The molecule has 3 nitrogen and oxygen atoms in total. The molecule has 2 aromatic rings. The van der Waals surface area contributed by atoms with Crippen molar-refractivity contribution in [3.05, 3.63) is 70.8 Å². The van der Waals surface area contributed by atoms with Crippen LogP contribution in [-0.2, 0) is 0 Å². The minimum absolute atomic E-state index is 0.00755. The van der Waals surface area contributed by atoms with Gasteiger partial charge in [-0.05, 0) is 50.3 Å². The second-order valence-corrected chi connectivity index (χ2v) is 6.05. The van der Waals surface area contributed by atoms with E-state index in [2.05, 4.69) is 5.32 Å². The molecule has 1 atom stereocenters. The number of likely N-dealkylation sites (N-methyl/N-ethyl adjacent to an activating group) is 1.